The summed E-state index contributed by atoms with van der Waals surface area (Å²) in [6.45, 7) is 14.2. The molecule has 0 spiro atoms. The molecule has 0 bridgehead atoms. The molecule has 0 aliphatic carbocycles. The Morgan fingerprint density at radius 2 is 1.68 bits per heavy atom. The topological polar surface area (TPSA) is 92.7 Å². The van der Waals surface area contributed by atoms with Crippen LogP contribution in [0.1, 0.15) is 57.3 Å². The third-order valence-electron chi connectivity index (χ3n) is 8.33. The van der Waals surface area contributed by atoms with E-state index in [0.717, 1.165) is 29.4 Å². The van der Waals surface area contributed by atoms with E-state index >= 15 is 0 Å². The summed E-state index contributed by atoms with van der Waals surface area (Å²) in [5, 5.41) is 6.53. The molecule has 11 heteroatoms. The van der Waals surface area contributed by atoms with Gasteiger partial charge in [0.1, 0.15) is 11.6 Å². The van der Waals surface area contributed by atoms with E-state index in [2.05, 4.69) is 55.6 Å². The summed E-state index contributed by atoms with van der Waals surface area (Å²) in [4.78, 5) is 38.9. The van der Waals surface area contributed by atoms with E-state index in [4.69, 9.17) is 4.74 Å². The standard InChI is InChI=1S/C36H48F2N4O4Si/c1-36(2,3)34(31-20-26(29-21-27(37)12-13-30(29)38)23-41(31)22-25-10-8-7-9-11-25)39-17-16-28(24-42-32(43)14-15-33(42)44)40-35(45)46-18-19-47(4,5)6/h7-13,20-21,23,28,34,39H,14-19,22,24H2,1-6H3,(H,40,45)/t28-,34-/m0/s1. The quantitative estimate of drug-likeness (QED) is 0.141. The maximum Gasteiger partial charge on any atom is 0.407 e. The van der Waals surface area contributed by atoms with Crippen LogP contribution in [0.15, 0.2) is 60.8 Å². The molecule has 1 aromatic heterocycles. The molecule has 1 aliphatic heterocycles. The Morgan fingerprint density at radius 1 is 1.00 bits per heavy atom. The number of amides is 3. The van der Waals surface area contributed by atoms with Gasteiger partial charge in [-0.25, -0.2) is 13.6 Å². The minimum absolute atomic E-state index is 0.0655. The molecule has 2 N–H and O–H groups in total. The van der Waals surface area contributed by atoms with Crippen molar-refractivity contribution >= 4 is 26.0 Å². The normalized spacial score (nSPS) is 15.2. The van der Waals surface area contributed by atoms with Gasteiger partial charge in [-0.05, 0) is 54.3 Å². The predicted octanol–water partition coefficient (Wildman–Crippen LogP) is 7.13. The lowest BCUT2D eigenvalue weighted by molar-refractivity contribution is -0.138. The van der Waals surface area contributed by atoms with Crippen molar-refractivity contribution in [2.75, 3.05) is 19.7 Å². The Labute approximate surface area is 277 Å². The van der Waals surface area contributed by atoms with Gasteiger partial charge in [0.15, 0.2) is 0 Å². The van der Waals surface area contributed by atoms with Crippen LogP contribution < -0.4 is 10.6 Å². The molecule has 2 atom stereocenters. The van der Waals surface area contributed by atoms with Crippen LogP contribution in [0.25, 0.3) is 11.1 Å². The summed E-state index contributed by atoms with van der Waals surface area (Å²) in [6, 6.07) is 15.3. The number of carbonyl (C=O) groups excluding carboxylic acids is 3. The van der Waals surface area contributed by atoms with Crippen LogP contribution in [0.3, 0.4) is 0 Å². The van der Waals surface area contributed by atoms with Gasteiger partial charge in [0.05, 0.1) is 18.7 Å². The lowest BCUT2D eigenvalue weighted by atomic mass is 9.84. The number of likely N-dealkylation sites (tertiary alicyclic amines) is 1. The number of benzene rings is 2. The van der Waals surface area contributed by atoms with E-state index < -0.39 is 31.8 Å². The van der Waals surface area contributed by atoms with E-state index in [9.17, 15) is 23.2 Å². The Hall–Kier alpha value is -3.83. The minimum atomic E-state index is -1.41. The second kappa shape index (κ2) is 15.4. The zero-order valence-corrected chi connectivity index (χ0v) is 29.4. The van der Waals surface area contributed by atoms with Crippen LogP contribution in [0.5, 0.6) is 0 Å². The average Bonchev–Trinajstić information content (AvgIpc) is 3.53. The van der Waals surface area contributed by atoms with Crippen molar-refractivity contribution < 1.29 is 27.9 Å². The first kappa shape index (κ1) is 36.0. The van der Waals surface area contributed by atoms with Crippen LogP contribution in [0.4, 0.5) is 13.6 Å². The van der Waals surface area contributed by atoms with E-state index in [1.165, 1.54) is 11.0 Å². The van der Waals surface area contributed by atoms with Crippen molar-refractivity contribution in [3.05, 3.63) is 83.7 Å². The van der Waals surface area contributed by atoms with Crippen molar-refractivity contribution in [1.82, 2.24) is 20.1 Å². The van der Waals surface area contributed by atoms with Gasteiger partial charge in [0, 0.05) is 57.0 Å². The van der Waals surface area contributed by atoms with E-state index in [0.29, 0.717) is 31.7 Å². The lowest BCUT2D eigenvalue weighted by Crippen LogP contribution is -2.47. The van der Waals surface area contributed by atoms with Crippen LogP contribution in [-0.4, -0.2) is 61.2 Å². The highest BCUT2D eigenvalue weighted by Gasteiger charge is 2.33. The number of rotatable bonds is 14. The summed E-state index contributed by atoms with van der Waals surface area (Å²) in [5.41, 5.74) is 2.38. The number of nitrogens with zero attached hydrogens (tertiary/aromatic N) is 2. The van der Waals surface area contributed by atoms with Crippen LogP contribution >= 0.6 is 0 Å². The zero-order valence-electron chi connectivity index (χ0n) is 28.4. The average molecular weight is 667 g/mol. The molecule has 0 radical (unpaired) electrons. The maximum absolute atomic E-state index is 14.9. The monoisotopic (exact) mass is 666 g/mol. The maximum atomic E-state index is 14.9. The molecule has 1 saturated heterocycles. The van der Waals surface area contributed by atoms with E-state index in [1.54, 1.807) is 0 Å². The smallest absolute Gasteiger partial charge is 0.407 e. The number of imide groups is 1. The zero-order chi connectivity index (χ0) is 34.4. The molecule has 254 valence electrons. The van der Waals surface area contributed by atoms with Crippen molar-refractivity contribution in [1.29, 1.82) is 0 Å². The Balaban J connectivity index is 1.57. The number of hydrogen-bond donors (Lipinski definition) is 2. The molecule has 0 saturated carbocycles. The molecule has 0 unspecified atom stereocenters. The Morgan fingerprint density at radius 3 is 2.32 bits per heavy atom. The summed E-state index contributed by atoms with van der Waals surface area (Å²) >= 11 is 0. The SMILES string of the molecule is CC(C)(C)[C@@H](NCC[C@@H](CN1C(=O)CCC1=O)NC(=O)OCC[Si](C)(C)C)c1cc(-c2cc(F)ccc2F)cn1Cc1ccccc1. The largest absolute Gasteiger partial charge is 0.450 e. The summed E-state index contributed by atoms with van der Waals surface area (Å²) in [7, 11) is -1.41. The molecule has 47 heavy (non-hydrogen) atoms. The molecule has 8 nitrogen and oxygen atoms in total. The van der Waals surface area contributed by atoms with Gasteiger partial charge in [0.25, 0.3) is 0 Å². The molecule has 1 aliphatic rings. The van der Waals surface area contributed by atoms with Gasteiger partial charge in [0.2, 0.25) is 11.8 Å². The molecular formula is C36H48F2N4O4Si. The lowest BCUT2D eigenvalue weighted by Gasteiger charge is -2.33. The summed E-state index contributed by atoms with van der Waals surface area (Å²) < 4.78 is 36.7. The molecule has 3 aromatic rings. The first-order valence-electron chi connectivity index (χ1n) is 16.3. The number of nitrogens with one attached hydrogen (secondary N) is 2. The molecule has 4 rings (SSSR count). The predicted molar refractivity (Wildman–Crippen MR) is 183 cm³/mol. The number of halogens is 2. The number of carbonyl (C=O) groups is 3. The highest BCUT2D eigenvalue weighted by atomic mass is 28.3. The third-order valence-corrected chi connectivity index (χ3v) is 10.0. The van der Waals surface area contributed by atoms with Gasteiger partial charge < -0.3 is 19.9 Å². The first-order valence-corrected chi connectivity index (χ1v) is 20.0. The van der Waals surface area contributed by atoms with Crippen LogP contribution in [0.2, 0.25) is 25.7 Å². The minimum Gasteiger partial charge on any atom is -0.450 e. The van der Waals surface area contributed by atoms with Gasteiger partial charge >= 0.3 is 6.09 Å². The van der Waals surface area contributed by atoms with Gasteiger partial charge in [-0.15, -0.1) is 0 Å². The fourth-order valence-electron chi connectivity index (χ4n) is 5.72. The van der Waals surface area contributed by atoms with E-state index in [1.807, 2.05) is 42.6 Å². The molecule has 3 amide bonds. The highest BCUT2D eigenvalue weighted by molar-refractivity contribution is 6.76. The second-order valence-corrected chi connectivity index (χ2v) is 20.2. The fraction of sp³-hybridized carbons (Fsp3) is 0.472. The number of ether oxygens (including phenoxy) is 1. The molecular weight excluding hydrogens is 619 g/mol. The number of hydrogen-bond acceptors (Lipinski definition) is 5. The number of alkyl carbamates (subject to hydrolysis) is 1. The second-order valence-electron chi connectivity index (χ2n) is 14.6. The first-order chi connectivity index (χ1) is 22.1. The Bertz CT molecular complexity index is 1530. The highest BCUT2D eigenvalue weighted by Crippen LogP contribution is 2.37. The van der Waals surface area contributed by atoms with Crippen molar-refractivity contribution in [2.24, 2.45) is 5.41 Å². The molecule has 2 aromatic carbocycles. The Kier molecular flexibility index (Phi) is 11.8. The van der Waals surface area contributed by atoms with E-state index in [-0.39, 0.29) is 48.2 Å². The van der Waals surface area contributed by atoms with Crippen molar-refractivity contribution in [2.45, 2.75) is 84.3 Å². The number of aromatic nitrogens is 1. The van der Waals surface area contributed by atoms with Crippen molar-refractivity contribution in [3.8, 4) is 11.1 Å². The van der Waals surface area contributed by atoms with Crippen molar-refractivity contribution in [3.63, 3.8) is 0 Å². The molecule has 2 heterocycles. The van der Waals surface area contributed by atoms with Gasteiger partial charge in [-0.2, -0.15) is 0 Å². The summed E-state index contributed by atoms with van der Waals surface area (Å²) in [5.74, 6) is -1.51. The van der Waals surface area contributed by atoms with Gasteiger partial charge in [-0.1, -0.05) is 70.7 Å². The summed E-state index contributed by atoms with van der Waals surface area (Å²) in [6.07, 6.45) is 2.04. The van der Waals surface area contributed by atoms with Gasteiger partial charge in [-0.3, -0.25) is 14.5 Å². The van der Waals surface area contributed by atoms with Crippen LogP contribution in [0, 0.1) is 17.0 Å². The fourth-order valence-corrected chi connectivity index (χ4v) is 6.44. The molecule has 1 fully saturated rings. The van der Waals surface area contributed by atoms with Crippen LogP contribution in [-0.2, 0) is 20.9 Å². The third kappa shape index (κ3) is 10.3.